The molecule has 0 radical (unpaired) electrons. The first-order chi connectivity index (χ1) is 11.9. The zero-order valence-electron chi connectivity index (χ0n) is 14.9. The first-order valence-corrected chi connectivity index (χ1v) is 8.38. The van der Waals surface area contributed by atoms with Crippen molar-refractivity contribution in [1.29, 1.82) is 0 Å². The van der Waals surface area contributed by atoms with Gasteiger partial charge in [-0.3, -0.25) is 5.32 Å². The molecule has 0 spiro atoms. The van der Waals surface area contributed by atoms with Crippen LogP contribution in [0.3, 0.4) is 0 Å². The molecule has 0 bridgehead atoms. The Balaban J connectivity index is 1.66. The average Bonchev–Trinajstić information content (AvgIpc) is 3.04. The average molecular weight is 345 g/mol. The Hall–Kier alpha value is -2.48. The van der Waals surface area contributed by atoms with E-state index in [1.165, 1.54) is 0 Å². The van der Waals surface area contributed by atoms with E-state index in [0.29, 0.717) is 37.3 Å². The molecule has 2 amide bonds. The van der Waals surface area contributed by atoms with E-state index in [4.69, 9.17) is 9.15 Å². The van der Waals surface area contributed by atoms with Crippen LogP contribution in [-0.2, 0) is 4.74 Å². The molecule has 3 rings (SSSR count). The van der Waals surface area contributed by atoms with Crippen LogP contribution >= 0.6 is 0 Å². The van der Waals surface area contributed by atoms with Gasteiger partial charge in [0.1, 0.15) is 5.82 Å². The molecule has 0 aliphatic carbocycles. The molecule has 134 valence electrons. The molecule has 1 N–H and O–H groups in total. The fourth-order valence-corrected chi connectivity index (χ4v) is 2.69. The topological polar surface area (TPSA) is 93.4 Å². The van der Waals surface area contributed by atoms with Crippen molar-refractivity contribution in [2.45, 2.75) is 39.7 Å². The molecule has 1 fully saturated rings. The minimum atomic E-state index is -0.410. The number of carbonyl (C=O) groups is 1. The quantitative estimate of drug-likeness (QED) is 0.919. The maximum absolute atomic E-state index is 12.5. The van der Waals surface area contributed by atoms with Crippen LogP contribution < -0.4 is 5.32 Å². The fourth-order valence-electron chi connectivity index (χ4n) is 2.69. The van der Waals surface area contributed by atoms with Gasteiger partial charge in [0.15, 0.2) is 6.10 Å². The first kappa shape index (κ1) is 17.3. The molecule has 3 heterocycles. The van der Waals surface area contributed by atoms with E-state index in [-0.39, 0.29) is 11.9 Å². The van der Waals surface area contributed by atoms with Gasteiger partial charge in [-0.1, -0.05) is 13.8 Å². The van der Waals surface area contributed by atoms with Crippen molar-refractivity contribution in [2.75, 3.05) is 25.0 Å². The summed E-state index contributed by atoms with van der Waals surface area (Å²) in [5.41, 5.74) is 1.91. The number of hydrogen-bond donors (Lipinski definition) is 1. The molecule has 2 aromatic heterocycles. The Bertz CT molecular complexity index is 738. The van der Waals surface area contributed by atoms with Gasteiger partial charge < -0.3 is 14.1 Å². The third-order valence-corrected chi connectivity index (χ3v) is 3.91. The highest BCUT2D eigenvalue weighted by Crippen LogP contribution is 2.23. The van der Waals surface area contributed by atoms with Gasteiger partial charge in [-0.15, -0.1) is 10.2 Å². The monoisotopic (exact) mass is 345 g/mol. The minimum Gasteiger partial charge on any atom is -0.422 e. The van der Waals surface area contributed by atoms with E-state index in [1.807, 2.05) is 39.8 Å². The number of aryl methyl sites for hydroxylation is 2. The first-order valence-electron chi connectivity index (χ1n) is 8.38. The summed E-state index contributed by atoms with van der Waals surface area (Å²) >= 11 is 0. The number of anilines is 1. The van der Waals surface area contributed by atoms with Gasteiger partial charge in [-0.05, 0) is 31.5 Å². The van der Waals surface area contributed by atoms with E-state index in [1.54, 1.807) is 4.90 Å². The Morgan fingerprint density at radius 1 is 1.32 bits per heavy atom. The summed E-state index contributed by atoms with van der Waals surface area (Å²) in [6, 6.07) is 3.59. The maximum atomic E-state index is 12.5. The Labute approximate surface area is 146 Å². The van der Waals surface area contributed by atoms with Crippen molar-refractivity contribution in [3.05, 3.63) is 35.2 Å². The molecule has 8 heteroatoms. The van der Waals surface area contributed by atoms with Crippen LogP contribution in [0.1, 0.15) is 48.9 Å². The van der Waals surface area contributed by atoms with E-state index in [2.05, 4.69) is 20.5 Å². The summed E-state index contributed by atoms with van der Waals surface area (Å²) < 4.78 is 11.3. The van der Waals surface area contributed by atoms with Gasteiger partial charge in [0.05, 0.1) is 13.2 Å². The lowest BCUT2D eigenvalue weighted by atomic mass is 10.2. The third-order valence-electron chi connectivity index (χ3n) is 3.91. The number of hydrogen-bond acceptors (Lipinski definition) is 6. The van der Waals surface area contributed by atoms with E-state index >= 15 is 0 Å². The van der Waals surface area contributed by atoms with E-state index < -0.39 is 6.10 Å². The molecule has 1 aliphatic rings. The second-order valence-electron chi connectivity index (χ2n) is 6.54. The van der Waals surface area contributed by atoms with Crippen molar-refractivity contribution < 1.29 is 13.9 Å². The summed E-state index contributed by atoms with van der Waals surface area (Å²) in [6.07, 6.45) is -0.410. The molecule has 1 saturated heterocycles. The molecule has 0 aromatic carbocycles. The van der Waals surface area contributed by atoms with Gasteiger partial charge in [0.25, 0.3) is 0 Å². The highest BCUT2D eigenvalue weighted by Gasteiger charge is 2.29. The van der Waals surface area contributed by atoms with Crippen molar-refractivity contribution in [3.63, 3.8) is 0 Å². The number of amides is 2. The fraction of sp³-hybridized carbons (Fsp3) is 0.529. The second kappa shape index (κ2) is 7.18. The molecule has 1 aliphatic heterocycles. The number of aromatic nitrogens is 3. The minimum absolute atomic E-state index is 0.153. The molecule has 2 aromatic rings. The van der Waals surface area contributed by atoms with Gasteiger partial charge >= 0.3 is 6.03 Å². The SMILES string of the molecule is Cc1cc(C)nc(NC(=O)N2CCO[C@H](c3nnc(C(C)C)o3)C2)c1. The molecular formula is C17H23N5O3. The van der Waals surface area contributed by atoms with Crippen LogP contribution in [0, 0.1) is 13.8 Å². The predicted molar refractivity (Wildman–Crippen MR) is 91.4 cm³/mol. The number of urea groups is 1. The van der Waals surface area contributed by atoms with Crippen LogP contribution in [0.2, 0.25) is 0 Å². The highest BCUT2D eigenvalue weighted by atomic mass is 16.5. The second-order valence-corrected chi connectivity index (χ2v) is 6.54. The van der Waals surface area contributed by atoms with Gasteiger partial charge in [-0.25, -0.2) is 9.78 Å². The lowest BCUT2D eigenvalue weighted by Crippen LogP contribution is -2.44. The number of pyridine rings is 1. The smallest absolute Gasteiger partial charge is 0.323 e. The third kappa shape index (κ3) is 4.14. The zero-order valence-corrected chi connectivity index (χ0v) is 14.9. The van der Waals surface area contributed by atoms with E-state index in [9.17, 15) is 4.79 Å². The number of nitrogens with zero attached hydrogens (tertiary/aromatic N) is 4. The van der Waals surface area contributed by atoms with Gasteiger partial charge in [0.2, 0.25) is 11.8 Å². The standard InChI is InChI=1S/C17H23N5O3/c1-10(2)15-20-21-16(25-15)13-9-22(5-6-24-13)17(23)19-14-8-11(3)7-12(4)18-14/h7-8,10,13H,5-6,9H2,1-4H3,(H,18,19,23)/t13-/m0/s1. The molecule has 25 heavy (non-hydrogen) atoms. The van der Waals surface area contributed by atoms with Gasteiger partial charge in [-0.2, -0.15) is 0 Å². The zero-order chi connectivity index (χ0) is 18.0. The molecule has 8 nitrogen and oxygen atoms in total. The molecule has 0 saturated carbocycles. The number of morpholine rings is 1. The molecule has 1 atom stereocenters. The summed E-state index contributed by atoms with van der Waals surface area (Å²) in [6.45, 7) is 9.10. The van der Waals surface area contributed by atoms with Crippen LogP contribution in [0.25, 0.3) is 0 Å². The van der Waals surface area contributed by atoms with Crippen LogP contribution in [0.15, 0.2) is 16.5 Å². The van der Waals surface area contributed by atoms with E-state index in [0.717, 1.165) is 11.3 Å². The highest BCUT2D eigenvalue weighted by molar-refractivity contribution is 5.88. The van der Waals surface area contributed by atoms with Gasteiger partial charge in [0, 0.05) is 18.2 Å². The Kier molecular flexibility index (Phi) is 4.98. The lowest BCUT2D eigenvalue weighted by Gasteiger charge is -2.31. The van der Waals surface area contributed by atoms with Crippen molar-refractivity contribution in [1.82, 2.24) is 20.1 Å². The number of carbonyl (C=O) groups excluding carboxylic acids is 1. The number of rotatable bonds is 3. The normalized spacial score (nSPS) is 17.8. The maximum Gasteiger partial charge on any atom is 0.323 e. The number of ether oxygens (including phenoxy) is 1. The summed E-state index contributed by atoms with van der Waals surface area (Å²) in [4.78, 5) is 18.5. The van der Waals surface area contributed by atoms with Crippen molar-refractivity contribution >= 4 is 11.8 Å². The summed E-state index contributed by atoms with van der Waals surface area (Å²) in [7, 11) is 0. The largest absolute Gasteiger partial charge is 0.422 e. The van der Waals surface area contributed by atoms with Crippen molar-refractivity contribution in [2.24, 2.45) is 0 Å². The van der Waals surface area contributed by atoms with Crippen LogP contribution in [0.5, 0.6) is 0 Å². The summed E-state index contributed by atoms with van der Waals surface area (Å²) in [5.74, 6) is 1.68. The molecule has 0 unspecified atom stereocenters. The van der Waals surface area contributed by atoms with Crippen LogP contribution in [0.4, 0.5) is 10.6 Å². The Morgan fingerprint density at radius 3 is 2.80 bits per heavy atom. The van der Waals surface area contributed by atoms with Crippen molar-refractivity contribution in [3.8, 4) is 0 Å². The lowest BCUT2D eigenvalue weighted by molar-refractivity contribution is -0.0276. The predicted octanol–water partition coefficient (Wildman–Crippen LogP) is 2.81. The van der Waals surface area contributed by atoms with Crippen LogP contribution in [-0.4, -0.2) is 45.8 Å². The Morgan fingerprint density at radius 2 is 2.12 bits per heavy atom. The number of nitrogens with one attached hydrogen (secondary N) is 1. The summed E-state index contributed by atoms with van der Waals surface area (Å²) in [5, 5.41) is 10.9. The molecular weight excluding hydrogens is 322 g/mol.